The normalized spacial score (nSPS) is 33.8. The molecule has 5 heteroatoms. The highest BCUT2D eigenvalue weighted by molar-refractivity contribution is 5.89. The van der Waals surface area contributed by atoms with Crippen LogP contribution in [0.1, 0.15) is 32.1 Å². The van der Waals surface area contributed by atoms with Crippen molar-refractivity contribution in [3.63, 3.8) is 0 Å². The van der Waals surface area contributed by atoms with Crippen LogP contribution in [0.5, 0.6) is 0 Å². The van der Waals surface area contributed by atoms with Crippen molar-refractivity contribution in [2.45, 2.75) is 50.2 Å². The Labute approximate surface area is 95.3 Å². The Balaban J connectivity index is 1.95. The summed E-state index contributed by atoms with van der Waals surface area (Å²) in [6.45, 7) is 0. The first-order valence-electron chi connectivity index (χ1n) is 5.97. The van der Waals surface area contributed by atoms with Crippen molar-refractivity contribution in [2.24, 2.45) is 0 Å². The number of carbonyl (C=O) groups is 2. The van der Waals surface area contributed by atoms with E-state index in [0.717, 1.165) is 12.8 Å². The van der Waals surface area contributed by atoms with Gasteiger partial charge in [-0.15, -0.1) is 0 Å². The number of amides is 2. The molecule has 5 nitrogen and oxygen atoms in total. The Morgan fingerprint density at radius 2 is 2.06 bits per heavy atom. The van der Waals surface area contributed by atoms with Gasteiger partial charge >= 0.3 is 0 Å². The Kier molecular flexibility index (Phi) is 3.43. The lowest BCUT2D eigenvalue weighted by atomic mass is 9.87. The third-order valence-corrected chi connectivity index (χ3v) is 3.49. The lowest BCUT2D eigenvalue weighted by Crippen LogP contribution is -2.65. The zero-order chi connectivity index (χ0) is 11.5. The maximum Gasteiger partial charge on any atom is 0.237 e. The molecule has 0 aromatic heterocycles. The van der Waals surface area contributed by atoms with E-state index in [1.807, 2.05) is 0 Å². The summed E-state index contributed by atoms with van der Waals surface area (Å²) in [5, 5.41) is 8.86. The fourth-order valence-corrected chi connectivity index (χ4v) is 2.56. The molecule has 1 saturated heterocycles. The molecular weight excluding hydrogens is 206 g/mol. The molecule has 90 valence electrons. The van der Waals surface area contributed by atoms with Gasteiger partial charge in [-0.3, -0.25) is 9.59 Å². The van der Waals surface area contributed by atoms with Crippen molar-refractivity contribution >= 4 is 11.8 Å². The second-order valence-electron chi connectivity index (χ2n) is 4.60. The molecule has 2 rings (SSSR count). The van der Waals surface area contributed by atoms with Crippen LogP contribution in [0.2, 0.25) is 0 Å². The summed E-state index contributed by atoms with van der Waals surface area (Å²) in [5.74, 6) is -0.131. The van der Waals surface area contributed by atoms with Gasteiger partial charge in [0, 0.05) is 19.1 Å². The van der Waals surface area contributed by atoms with Crippen LogP contribution in [0.3, 0.4) is 0 Å². The van der Waals surface area contributed by atoms with Gasteiger partial charge < -0.3 is 16.0 Å². The largest absolute Gasteiger partial charge is 0.359 e. The van der Waals surface area contributed by atoms with Gasteiger partial charge in [0.15, 0.2) is 0 Å². The van der Waals surface area contributed by atoms with Crippen molar-refractivity contribution in [1.29, 1.82) is 0 Å². The number of nitrogens with one attached hydrogen (secondary N) is 3. The molecule has 16 heavy (non-hydrogen) atoms. The highest BCUT2D eigenvalue weighted by Gasteiger charge is 2.36. The Bertz CT molecular complexity index is 293. The first-order valence-corrected chi connectivity index (χ1v) is 5.97. The van der Waals surface area contributed by atoms with E-state index in [9.17, 15) is 9.59 Å². The summed E-state index contributed by atoms with van der Waals surface area (Å²) in [5.41, 5.74) is 0. The summed E-state index contributed by atoms with van der Waals surface area (Å²) in [4.78, 5) is 23.0. The SMILES string of the molecule is CNC(=O)C[C@H]1N[C@@H]2CCCC[C@@H]2NC1=O. The van der Waals surface area contributed by atoms with Crippen LogP contribution in [-0.2, 0) is 9.59 Å². The van der Waals surface area contributed by atoms with E-state index >= 15 is 0 Å². The highest BCUT2D eigenvalue weighted by Crippen LogP contribution is 2.22. The minimum absolute atomic E-state index is 0.0354. The Morgan fingerprint density at radius 1 is 1.38 bits per heavy atom. The van der Waals surface area contributed by atoms with E-state index < -0.39 is 0 Å². The van der Waals surface area contributed by atoms with Gasteiger partial charge in [-0.05, 0) is 12.8 Å². The zero-order valence-corrected chi connectivity index (χ0v) is 9.58. The molecule has 2 aliphatic rings. The third-order valence-electron chi connectivity index (χ3n) is 3.49. The van der Waals surface area contributed by atoms with E-state index in [1.54, 1.807) is 7.05 Å². The number of rotatable bonds is 2. The van der Waals surface area contributed by atoms with Crippen molar-refractivity contribution in [2.75, 3.05) is 7.05 Å². The molecule has 1 heterocycles. The van der Waals surface area contributed by atoms with Crippen molar-refractivity contribution in [3.05, 3.63) is 0 Å². The Morgan fingerprint density at radius 3 is 2.75 bits per heavy atom. The number of piperazine rings is 1. The first kappa shape index (κ1) is 11.4. The monoisotopic (exact) mass is 225 g/mol. The van der Waals surface area contributed by atoms with Gasteiger partial charge in [0.1, 0.15) is 0 Å². The predicted molar refractivity (Wildman–Crippen MR) is 59.8 cm³/mol. The maximum atomic E-state index is 11.7. The van der Waals surface area contributed by atoms with E-state index in [-0.39, 0.29) is 30.3 Å². The summed E-state index contributed by atoms with van der Waals surface area (Å²) < 4.78 is 0. The molecule has 3 atom stereocenters. The lowest BCUT2D eigenvalue weighted by molar-refractivity contribution is -0.131. The molecule has 0 aromatic rings. The molecule has 2 amide bonds. The van der Waals surface area contributed by atoms with E-state index in [2.05, 4.69) is 16.0 Å². The van der Waals surface area contributed by atoms with E-state index in [4.69, 9.17) is 0 Å². The second kappa shape index (κ2) is 4.82. The minimum Gasteiger partial charge on any atom is -0.359 e. The molecule has 0 spiro atoms. The first-order chi connectivity index (χ1) is 7.70. The van der Waals surface area contributed by atoms with Crippen molar-refractivity contribution < 1.29 is 9.59 Å². The van der Waals surface area contributed by atoms with Crippen LogP contribution in [-0.4, -0.2) is 37.0 Å². The molecule has 3 N–H and O–H groups in total. The van der Waals surface area contributed by atoms with Crippen LogP contribution in [0.15, 0.2) is 0 Å². The second-order valence-corrected chi connectivity index (χ2v) is 4.60. The van der Waals surface area contributed by atoms with Crippen LogP contribution in [0.4, 0.5) is 0 Å². The molecule has 0 aromatic carbocycles. The highest BCUT2D eigenvalue weighted by atomic mass is 16.2. The zero-order valence-electron chi connectivity index (χ0n) is 9.58. The fraction of sp³-hybridized carbons (Fsp3) is 0.818. The number of hydrogen-bond acceptors (Lipinski definition) is 3. The topological polar surface area (TPSA) is 70.2 Å². The van der Waals surface area contributed by atoms with Crippen LogP contribution in [0.25, 0.3) is 0 Å². The molecule has 0 unspecified atom stereocenters. The average molecular weight is 225 g/mol. The summed E-state index contributed by atoms with van der Waals surface area (Å²) in [7, 11) is 1.59. The molecular formula is C11H19N3O2. The summed E-state index contributed by atoms with van der Waals surface area (Å²) in [6.07, 6.45) is 4.76. The number of carbonyl (C=O) groups excluding carboxylic acids is 2. The average Bonchev–Trinajstić information content (AvgIpc) is 2.30. The molecule has 1 saturated carbocycles. The van der Waals surface area contributed by atoms with Crippen LogP contribution in [0, 0.1) is 0 Å². The minimum atomic E-state index is -0.362. The standard InChI is InChI=1S/C11H19N3O2/c1-12-10(15)6-9-11(16)14-8-5-3-2-4-7(8)13-9/h7-9,13H,2-6H2,1H3,(H,12,15)(H,14,16)/t7-,8+,9-/m1/s1. The lowest BCUT2D eigenvalue weighted by Gasteiger charge is -2.40. The fourth-order valence-electron chi connectivity index (χ4n) is 2.56. The van der Waals surface area contributed by atoms with Gasteiger partial charge in [0.05, 0.1) is 12.5 Å². The van der Waals surface area contributed by atoms with E-state index in [1.165, 1.54) is 12.8 Å². The molecule has 2 fully saturated rings. The van der Waals surface area contributed by atoms with Crippen molar-refractivity contribution in [1.82, 2.24) is 16.0 Å². The number of fused-ring (bicyclic) bond motifs is 1. The van der Waals surface area contributed by atoms with Gasteiger partial charge in [-0.25, -0.2) is 0 Å². The summed E-state index contributed by atoms with van der Waals surface area (Å²) in [6, 6.07) is 0.252. The van der Waals surface area contributed by atoms with Crippen LogP contribution < -0.4 is 16.0 Å². The van der Waals surface area contributed by atoms with Gasteiger partial charge in [-0.2, -0.15) is 0 Å². The smallest absolute Gasteiger partial charge is 0.237 e. The quantitative estimate of drug-likeness (QED) is 0.594. The Hall–Kier alpha value is -1.10. The van der Waals surface area contributed by atoms with Gasteiger partial charge in [0.25, 0.3) is 0 Å². The number of hydrogen-bond donors (Lipinski definition) is 3. The van der Waals surface area contributed by atoms with Gasteiger partial charge in [0.2, 0.25) is 11.8 Å². The third kappa shape index (κ3) is 2.35. The molecule has 0 radical (unpaired) electrons. The molecule has 1 aliphatic heterocycles. The maximum absolute atomic E-state index is 11.7. The predicted octanol–water partition coefficient (Wildman–Crippen LogP) is -0.478. The summed E-state index contributed by atoms with van der Waals surface area (Å²) >= 11 is 0. The van der Waals surface area contributed by atoms with Crippen molar-refractivity contribution in [3.8, 4) is 0 Å². The molecule has 0 bridgehead atoms. The van der Waals surface area contributed by atoms with Gasteiger partial charge in [-0.1, -0.05) is 12.8 Å². The molecule has 1 aliphatic carbocycles. The van der Waals surface area contributed by atoms with E-state index in [0.29, 0.717) is 6.04 Å². The van der Waals surface area contributed by atoms with Crippen LogP contribution >= 0.6 is 0 Å².